The number of hydrogen-bond acceptors (Lipinski definition) is 3. The van der Waals surface area contributed by atoms with Crippen molar-refractivity contribution >= 4 is 23.2 Å². The van der Waals surface area contributed by atoms with Crippen molar-refractivity contribution in [1.82, 2.24) is 4.90 Å². The van der Waals surface area contributed by atoms with E-state index in [-0.39, 0.29) is 23.8 Å². The zero-order chi connectivity index (χ0) is 18.7. The lowest BCUT2D eigenvalue weighted by Gasteiger charge is -2.30. The van der Waals surface area contributed by atoms with Gasteiger partial charge in [0.2, 0.25) is 11.8 Å². The molecule has 1 aromatic rings. The maximum Gasteiger partial charge on any atom is 0.247 e. The van der Waals surface area contributed by atoms with Gasteiger partial charge in [0.15, 0.2) is 0 Å². The van der Waals surface area contributed by atoms with Crippen LogP contribution in [0.2, 0.25) is 0 Å². The van der Waals surface area contributed by atoms with Gasteiger partial charge in [0.05, 0.1) is 0 Å². The van der Waals surface area contributed by atoms with E-state index in [1.165, 1.54) is 6.42 Å². The van der Waals surface area contributed by atoms with Crippen LogP contribution in [0.3, 0.4) is 0 Å². The van der Waals surface area contributed by atoms with Crippen molar-refractivity contribution in [2.75, 3.05) is 30.9 Å². The topological polar surface area (TPSA) is 52.7 Å². The molecular weight excluding hydrogens is 326 g/mol. The van der Waals surface area contributed by atoms with E-state index in [1.807, 2.05) is 44.1 Å². The number of benzene rings is 1. The van der Waals surface area contributed by atoms with Gasteiger partial charge in [-0.2, -0.15) is 0 Å². The third kappa shape index (κ3) is 4.02. The Bertz CT molecular complexity index is 665. The average molecular weight is 357 g/mol. The molecule has 0 bridgehead atoms. The number of amides is 2. The van der Waals surface area contributed by atoms with Crippen LogP contribution in [0.5, 0.6) is 0 Å². The Morgan fingerprint density at radius 2 is 1.81 bits per heavy atom. The number of carbonyl (C=O) groups excluding carboxylic acids is 2. The van der Waals surface area contributed by atoms with Gasteiger partial charge in [0.1, 0.15) is 6.04 Å². The second-order valence-electron chi connectivity index (χ2n) is 7.91. The van der Waals surface area contributed by atoms with Crippen LogP contribution < -0.4 is 10.2 Å². The molecular formula is C21H31N3O2. The van der Waals surface area contributed by atoms with Crippen LogP contribution in [-0.4, -0.2) is 43.4 Å². The summed E-state index contributed by atoms with van der Waals surface area (Å²) in [5, 5.41) is 3.03. The first-order valence-electron chi connectivity index (χ1n) is 9.86. The molecule has 26 heavy (non-hydrogen) atoms. The number of carbonyl (C=O) groups is 2. The van der Waals surface area contributed by atoms with Gasteiger partial charge in [-0.05, 0) is 56.4 Å². The van der Waals surface area contributed by atoms with Crippen molar-refractivity contribution in [2.45, 2.75) is 57.9 Å². The van der Waals surface area contributed by atoms with Gasteiger partial charge < -0.3 is 15.1 Å². The molecule has 1 aromatic carbocycles. The van der Waals surface area contributed by atoms with E-state index >= 15 is 0 Å². The molecule has 0 aromatic heterocycles. The van der Waals surface area contributed by atoms with Crippen molar-refractivity contribution in [2.24, 2.45) is 5.92 Å². The molecule has 1 aliphatic carbocycles. The predicted molar refractivity (Wildman–Crippen MR) is 105 cm³/mol. The Morgan fingerprint density at radius 3 is 2.46 bits per heavy atom. The van der Waals surface area contributed by atoms with Crippen molar-refractivity contribution in [3.63, 3.8) is 0 Å². The highest BCUT2D eigenvalue weighted by molar-refractivity contribution is 5.98. The fraction of sp³-hybridized carbons (Fsp3) is 0.619. The van der Waals surface area contributed by atoms with Gasteiger partial charge in [-0.25, -0.2) is 0 Å². The van der Waals surface area contributed by atoms with Crippen LogP contribution in [0, 0.1) is 12.8 Å². The number of aryl methyl sites for hydroxylation is 1. The van der Waals surface area contributed by atoms with E-state index in [2.05, 4.69) is 10.2 Å². The van der Waals surface area contributed by atoms with Crippen LogP contribution in [-0.2, 0) is 9.59 Å². The molecule has 5 nitrogen and oxygen atoms in total. The number of nitrogens with zero attached hydrogens (tertiary/aromatic N) is 2. The molecule has 5 heteroatoms. The van der Waals surface area contributed by atoms with E-state index in [1.54, 1.807) is 0 Å². The highest BCUT2D eigenvalue weighted by Gasteiger charge is 2.37. The molecule has 2 amide bonds. The van der Waals surface area contributed by atoms with Gasteiger partial charge in [-0.1, -0.05) is 19.3 Å². The van der Waals surface area contributed by atoms with E-state index in [0.717, 1.165) is 55.5 Å². The number of likely N-dealkylation sites (tertiary alicyclic amines) is 1. The first-order chi connectivity index (χ1) is 12.5. The van der Waals surface area contributed by atoms with Crippen LogP contribution in [0.25, 0.3) is 0 Å². The molecule has 142 valence electrons. The van der Waals surface area contributed by atoms with Crippen molar-refractivity contribution < 1.29 is 9.59 Å². The Hall–Kier alpha value is -2.04. The Kier molecular flexibility index (Phi) is 5.84. The van der Waals surface area contributed by atoms with Crippen molar-refractivity contribution in [1.29, 1.82) is 0 Å². The standard InChI is InChI=1S/C21H31N3O2/c1-15-14-17(11-12-18(15)23(2)3)22-20(25)19-10-7-13-24(19)21(26)16-8-5-4-6-9-16/h11-12,14,16,19H,4-10,13H2,1-3H3,(H,22,25). The summed E-state index contributed by atoms with van der Waals surface area (Å²) in [4.78, 5) is 29.6. The monoisotopic (exact) mass is 357 g/mol. The van der Waals surface area contributed by atoms with Gasteiger partial charge >= 0.3 is 0 Å². The Labute approximate surface area is 156 Å². The normalized spacial score (nSPS) is 20.9. The summed E-state index contributed by atoms with van der Waals surface area (Å²) >= 11 is 0. The molecule has 1 unspecified atom stereocenters. The predicted octanol–water partition coefficient (Wildman–Crippen LogP) is 3.57. The van der Waals surface area contributed by atoms with E-state index < -0.39 is 0 Å². The smallest absolute Gasteiger partial charge is 0.247 e. The summed E-state index contributed by atoms with van der Waals surface area (Å²) in [5.41, 5.74) is 3.06. The second kappa shape index (κ2) is 8.11. The highest BCUT2D eigenvalue weighted by atomic mass is 16.2. The fourth-order valence-corrected chi connectivity index (χ4v) is 4.35. The second-order valence-corrected chi connectivity index (χ2v) is 7.91. The molecule has 1 saturated heterocycles. The van der Waals surface area contributed by atoms with E-state index in [0.29, 0.717) is 6.54 Å². The lowest BCUT2D eigenvalue weighted by Crippen LogP contribution is -2.46. The summed E-state index contributed by atoms with van der Waals surface area (Å²) in [6.45, 7) is 2.76. The minimum Gasteiger partial charge on any atom is -0.377 e. The molecule has 1 N–H and O–H groups in total. The minimum absolute atomic E-state index is 0.0522. The van der Waals surface area contributed by atoms with Crippen LogP contribution >= 0.6 is 0 Å². The molecule has 1 saturated carbocycles. The minimum atomic E-state index is -0.321. The average Bonchev–Trinajstić information content (AvgIpc) is 3.11. The Morgan fingerprint density at radius 1 is 1.08 bits per heavy atom. The molecule has 3 rings (SSSR count). The SMILES string of the molecule is Cc1cc(NC(=O)C2CCCN2C(=O)C2CCCCC2)ccc1N(C)C. The third-order valence-electron chi connectivity index (χ3n) is 5.74. The van der Waals surface area contributed by atoms with E-state index in [4.69, 9.17) is 0 Å². The molecule has 0 radical (unpaired) electrons. The molecule has 2 aliphatic rings. The summed E-state index contributed by atoms with van der Waals surface area (Å²) in [7, 11) is 4.02. The summed E-state index contributed by atoms with van der Waals surface area (Å²) < 4.78 is 0. The van der Waals surface area contributed by atoms with Crippen LogP contribution in [0.4, 0.5) is 11.4 Å². The summed E-state index contributed by atoms with van der Waals surface area (Å²) in [6, 6.07) is 5.63. The number of nitrogens with one attached hydrogen (secondary N) is 1. The molecule has 2 fully saturated rings. The molecule has 1 heterocycles. The van der Waals surface area contributed by atoms with Gasteiger partial charge in [-0.15, -0.1) is 0 Å². The largest absolute Gasteiger partial charge is 0.377 e. The maximum atomic E-state index is 12.9. The van der Waals surface area contributed by atoms with Gasteiger partial charge in [0, 0.05) is 37.9 Å². The van der Waals surface area contributed by atoms with E-state index in [9.17, 15) is 9.59 Å². The lowest BCUT2D eigenvalue weighted by molar-refractivity contribution is -0.141. The zero-order valence-corrected chi connectivity index (χ0v) is 16.3. The van der Waals surface area contributed by atoms with Gasteiger partial charge in [0.25, 0.3) is 0 Å². The van der Waals surface area contributed by atoms with Crippen LogP contribution in [0.1, 0.15) is 50.5 Å². The highest BCUT2D eigenvalue weighted by Crippen LogP contribution is 2.29. The summed E-state index contributed by atoms with van der Waals surface area (Å²) in [5.74, 6) is 0.268. The lowest BCUT2D eigenvalue weighted by atomic mass is 9.88. The zero-order valence-electron chi connectivity index (χ0n) is 16.3. The number of hydrogen-bond donors (Lipinski definition) is 1. The maximum absolute atomic E-state index is 12.9. The first-order valence-corrected chi connectivity index (χ1v) is 9.86. The third-order valence-corrected chi connectivity index (χ3v) is 5.74. The number of rotatable bonds is 4. The molecule has 1 atom stereocenters. The van der Waals surface area contributed by atoms with Gasteiger partial charge in [-0.3, -0.25) is 9.59 Å². The molecule has 1 aliphatic heterocycles. The molecule has 0 spiro atoms. The van der Waals surface area contributed by atoms with Crippen LogP contribution in [0.15, 0.2) is 18.2 Å². The Balaban J connectivity index is 1.66. The van der Waals surface area contributed by atoms with Crippen molar-refractivity contribution in [3.8, 4) is 0 Å². The summed E-state index contributed by atoms with van der Waals surface area (Å²) in [6.07, 6.45) is 7.14. The fourth-order valence-electron chi connectivity index (χ4n) is 4.35. The number of anilines is 2. The first kappa shape index (κ1) is 18.7. The quantitative estimate of drug-likeness (QED) is 0.896. The van der Waals surface area contributed by atoms with Crippen molar-refractivity contribution in [3.05, 3.63) is 23.8 Å².